The molecule has 0 amide bonds. The quantitative estimate of drug-likeness (QED) is 0.114. The summed E-state index contributed by atoms with van der Waals surface area (Å²) in [5, 5.41) is 2.60. The van der Waals surface area contributed by atoms with Gasteiger partial charge in [-0.2, -0.15) is 0 Å². The Morgan fingerprint density at radius 3 is 1.58 bits per heavy atom. The molecule has 13 rings (SSSR count). The zero-order chi connectivity index (χ0) is 45.0. The SMILES string of the molecule is C=Cc1ccc(C23CC4CC(C2)CC(c2ccc(N(c5ccc(CCCC)cc5)c5ccc(N(c6ccc(-c7ccccc7)cc6)c6ccc7sc8ccccc8c7c6)cc5)cc2)(C4)C3)cc1. The van der Waals surface area contributed by atoms with Gasteiger partial charge in [0.2, 0.25) is 0 Å². The molecule has 4 aliphatic rings. The van der Waals surface area contributed by atoms with Gasteiger partial charge in [0, 0.05) is 54.3 Å². The Bertz CT molecular complexity index is 3170. The zero-order valence-corrected chi connectivity index (χ0v) is 39.4. The van der Waals surface area contributed by atoms with Gasteiger partial charge in [0.25, 0.3) is 0 Å². The molecule has 1 heterocycles. The fourth-order valence-corrected chi connectivity index (χ4v) is 14.1. The first kappa shape index (κ1) is 41.7. The van der Waals surface area contributed by atoms with Crippen LogP contribution in [0.2, 0.25) is 0 Å². The van der Waals surface area contributed by atoms with Gasteiger partial charge in [0.15, 0.2) is 0 Å². The van der Waals surface area contributed by atoms with Gasteiger partial charge in [-0.25, -0.2) is 0 Å². The fraction of sp³-hybridized carbons (Fsp3) is 0.219. The summed E-state index contributed by atoms with van der Waals surface area (Å²) < 4.78 is 2.63. The predicted molar refractivity (Wildman–Crippen MR) is 287 cm³/mol. The van der Waals surface area contributed by atoms with Gasteiger partial charge in [-0.3, -0.25) is 0 Å². The van der Waals surface area contributed by atoms with Gasteiger partial charge in [-0.15, -0.1) is 11.3 Å². The second-order valence-corrected chi connectivity index (χ2v) is 21.1. The number of fused-ring (bicyclic) bond motifs is 3. The molecule has 4 fully saturated rings. The van der Waals surface area contributed by atoms with Crippen molar-refractivity contribution in [1.82, 2.24) is 0 Å². The molecule has 9 aromatic rings. The van der Waals surface area contributed by atoms with E-state index in [1.165, 1.54) is 111 Å². The van der Waals surface area contributed by atoms with Crippen LogP contribution in [0.1, 0.15) is 80.5 Å². The van der Waals surface area contributed by atoms with E-state index in [4.69, 9.17) is 0 Å². The molecule has 330 valence electrons. The van der Waals surface area contributed by atoms with Crippen molar-refractivity contribution in [1.29, 1.82) is 0 Å². The lowest BCUT2D eigenvalue weighted by atomic mass is 9.42. The Hall–Kier alpha value is -6.68. The zero-order valence-electron chi connectivity index (χ0n) is 38.6. The van der Waals surface area contributed by atoms with Crippen LogP contribution in [0.25, 0.3) is 37.4 Å². The molecule has 0 aliphatic heterocycles. The number of unbranched alkanes of at least 4 members (excludes halogenated alkanes) is 1. The van der Waals surface area contributed by atoms with Crippen molar-refractivity contribution in [2.24, 2.45) is 11.8 Å². The van der Waals surface area contributed by atoms with Crippen molar-refractivity contribution in [3.63, 3.8) is 0 Å². The summed E-state index contributed by atoms with van der Waals surface area (Å²) in [6.45, 7) is 6.30. The van der Waals surface area contributed by atoms with Crippen molar-refractivity contribution >= 4 is 71.7 Å². The molecular formula is C64H58N2S. The molecule has 0 radical (unpaired) electrons. The minimum Gasteiger partial charge on any atom is -0.311 e. The summed E-state index contributed by atoms with van der Waals surface area (Å²) in [5.41, 5.74) is 15.5. The van der Waals surface area contributed by atoms with Gasteiger partial charge in [0.1, 0.15) is 0 Å². The highest BCUT2D eigenvalue weighted by Crippen LogP contribution is 2.66. The molecular weight excluding hydrogens is 829 g/mol. The lowest BCUT2D eigenvalue weighted by Gasteiger charge is -2.63. The van der Waals surface area contributed by atoms with Crippen molar-refractivity contribution in [3.8, 4) is 11.1 Å². The molecule has 4 bridgehead atoms. The lowest BCUT2D eigenvalue weighted by molar-refractivity contribution is -0.0281. The van der Waals surface area contributed by atoms with Crippen LogP contribution >= 0.6 is 11.3 Å². The van der Waals surface area contributed by atoms with Crippen LogP contribution in [0, 0.1) is 11.8 Å². The highest BCUT2D eigenvalue weighted by Gasteiger charge is 2.58. The summed E-state index contributed by atoms with van der Waals surface area (Å²) in [5.74, 6) is 1.60. The summed E-state index contributed by atoms with van der Waals surface area (Å²) in [6.07, 6.45) is 13.5. The van der Waals surface area contributed by atoms with Gasteiger partial charge < -0.3 is 9.80 Å². The third kappa shape index (κ3) is 7.68. The first-order valence-electron chi connectivity index (χ1n) is 24.7. The molecule has 8 aromatic carbocycles. The van der Waals surface area contributed by atoms with Crippen LogP contribution in [0.4, 0.5) is 34.1 Å². The van der Waals surface area contributed by atoms with E-state index in [0.29, 0.717) is 0 Å². The molecule has 2 unspecified atom stereocenters. The molecule has 3 heteroatoms. The molecule has 2 atom stereocenters. The van der Waals surface area contributed by atoms with E-state index in [9.17, 15) is 0 Å². The number of anilines is 6. The van der Waals surface area contributed by atoms with E-state index >= 15 is 0 Å². The third-order valence-corrected chi connectivity index (χ3v) is 16.9. The molecule has 0 N–H and O–H groups in total. The Morgan fingerprint density at radius 2 is 0.985 bits per heavy atom. The molecule has 2 nitrogen and oxygen atoms in total. The van der Waals surface area contributed by atoms with Gasteiger partial charge in [-0.05, 0) is 192 Å². The number of rotatable bonds is 13. The maximum absolute atomic E-state index is 4.03. The Balaban J connectivity index is 0.913. The Morgan fingerprint density at radius 1 is 0.507 bits per heavy atom. The van der Waals surface area contributed by atoms with Crippen LogP contribution in [0.5, 0.6) is 0 Å². The molecule has 0 saturated heterocycles. The topological polar surface area (TPSA) is 6.48 Å². The average molecular weight is 887 g/mol. The minimum atomic E-state index is 0.230. The van der Waals surface area contributed by atoms with E-state index in [-0.39, 0.29) is 10.8 Å². The van der Waals surface area contributed by atoms with Crippen molar-refractivity contribution < 1.29 is 0 Å². The Labute approximate surface area is 400 Å². The van der Waals surface area contributed by atoms with E-state index < -0.39 is 0 Å². The Kier molecular flexibility index (Phi) is 10.7. The maximum atomic E-state index is 4.03. The molecule has 1 aromatic heterocycles. The number of nitrogens with zero attached hydrogens (tertiary/aromatic N) is 2. The fourth-order valence-electron chi connectivity index (χ4n) is 13.0. The number of aryl methyl sites for hydroxylation is 1. The first-order valence-corrected chi connectivity index (χ1v) is 25.5. The molecule has 4 aliphatic carbocycles. The van der Waals surface area contributed by atoms with Gasteiger partial charge in [-0.1, -0.05) is 135 Å². The monoisotopic (exact) mass is 886 g/mol. The second kappa shape index (κ2) is 17.2. The predicted octanol–water partition coefficient (Wildman–Crippen LogP) is 18.4. The molecule has 4 saturated carbocycles. The summed E-state index contributed by atoms with van der Waals surface area (Å²) in [4.78, 5) is 4.88. The standard InChI is InChI=1S/C64H58N2S/c1-3-5-11-46-18-26-53(27-19-46)65(55-30-24-52(25-31-55)64-42-47-38-48(43-64)41-63(40-47,44-64)51-22-16-45(4-2)17-23-51)56-32-34-57(35-33-56)66(54-28-20-50(21-29-54)49-12-7-6-8-13-49)58-36-37-62-60(39-58)59-14-9-10-15-61(59)67-62/h4,6-10,12-37,39,47-48H,2-3,5,11,38,40-44H2,1H3. The van der Waals surface area contributed by atoms with Crippen LogP contribution in [0.3, 0.4) is 0 Å². The van der Waals surface area contributed by atoms with Crippen LogP contribution in [-0.4, -0.2) is 0 Å². The van der Waals surface area contributed by atoms with E-state index in [0.717, 1.165) is 41.0 Å². The smallest absolute Gasteiger partial charge is 0.0468 e. The number of hydrogen-bond acceptors (Lipinski definition) is 3. The highest BCUT2D eigenvalue weighted by molar-refractivity contribution is 7.25. The van der Waals surface area contributed by atoms with Gasteiger partial charge in [0.05, 0.1) is 0 Å². The first-order chi connectivity index (χ1) is 33.0. The van der Waals surface area contributed by atoms with E-state index in [2.05, 4.69) is 217 Å². The number of thiophene rings is 1. The minimum absolute atomic E-state index is 0.230. The van der Waals surface area contributed by atoms with E-state index in [1.807, 2.05) is 17.4 Å². The normalized spacial score (nSPS) is 20.6. The van der Waals surface area contributed by atoms with Crippen LogP contribution in [-0.2, 0) is 17.3 Å². The maximum Gasteiger partial charge on any atom is 0.0468 e. The number of hydrogen-bond donors (Lipinski definition) is 0. The largest absolute Gasteiger partial charge is 0.311 e. The van der Waals surface area contributed by atoms with Crippen molar-refractivity contribution in [2.45, 2.75) is 75.5 Å². The molecule has 0 spiro atoms. The summed E-state index contributed by atoms with van der Waals surface area (Å²) in [7, 11) is 0. The van der Waals surface area contributed by atoms with Crippen LogP contribution < -0.4 is 9.80 Å². The average Bonchev–Trinajstić information content (AvgIpc) is 3.75. The number of benzene rings is 8. The highest BCUT2D eigenvalue weighted by atomic mass is 32.1. The molecule has 67 heavy (non-hydrogen) atoms. The van der Waals surface area contributed by atoms with Crippen molar-refractivity contribution in [2.75, 3.05) is 9.80 Å². The second-order valence-electron chi connectivity index (χ2n) is 20.0. The van der Waals surface area contributed by atoms with Crippen LogP contribution in [0.15, 0.2) is 201 Å². The van der Waals surface area contributed by atoms with Gasteiger partial charge >= 0.3 is 0 Å². The van der Waals surface area contributed by atoms with Crippen molar-refractivity contribution in [3.05, 3.63) is 223 Å². The summed E-state index contributed by atoms with van der Waals surface area (Å²) >= 11 is 1.87. The third-order valence-electron chi connectivity index (χ3n) is 15.8. The summed E-state index contributed by atoms with van der Waals surface area (Å²) in [6, 6.07) is 73.3. The lowest BCUT2D eigenvalue weighted by Crippen LogP contribution is -2.55. The van der Waals surface area contributed by atoms with E-state index in [1.54, 1.807) is 5.56 Å².